The molecule has 2 N–H and O–H groups in total. The van der Waals surface area contributed by atoms with E-state index >= 15 is 0 Å². The van der Waals surface area contributed by atoms with Gasteiger partial charge in [0, 0.05) is 10.4 Å². The van der Waals surface area contributed by atoms with Crippen molar-refractivity contribution in [2.45, 2.75) is 0 Å². The molecule has 0 bridgehead atoms. The van der Waals surface area contributed by atoms with Crippen LogP contribution in [0.1, 0.15) is 5.56 Å². The van der Waals surface area contributed by atoms with Crippen LogP contribution in [-0.4, -0.2) is 58.5 Å². The molecule has 0 atom stereocenters. The Balaban J connectivity index is 1.52. The molecule has 0 aliphatic carbocycles. The van der Waals surface area contributed by atoms with Crippen LogP contribution in [0.3, 0.4) is 0 Å². The monoisotopic (exact) mass is 450 g/mol. The zero-order chi connectivity index (χ0) is 21.6. The molecule has 0 saturated carbocycles. The number of amides is 1. The van der Waals surface area contributed by atoms with Gasteiger partial charge < -0.3 is 15.0 Å². The molecule has 7 nitrogen and oxygen atoms in total. The Hall–Kier alpha value is -2.39. The minimum absolute atomic E-state index is 0.175. The summed E-state index contributed by atoms with van der Waals surface area (Å²) in [6.07, 6.45) is 1.60. The highest BCUT2D eigenvalue weighted by atomic mass is 35.5. The van der Waals surface area contributed by atoms with Gasteiger partial charge in [0.25, 0.3) is 5.91 Å². The molecule has 0 unspecified atom stereocenters. The van der Waals surface area contributed by atoms with Crippen LogP contribution < -0.4 is 15.0 Å². The van der Waals surface area contributed by atoms with Crippen molar-refractivity contribution in [1.29, 1.82) is 0 Å². The Morgan fingerprint density at radius 3 is 2.57 bits per heavy atom. The molecule has 1 aliphatic heterocycles. The number of ether oxygens (including phenoxy) is 1. The topological polar surface area (TPSA) is 80.2 Å². The third-order valence-electron chi connectivity index (χ3n) is 4.87. The van der Waals surface area contributed by atoms with Crippen LogP contribution >= 0.6 is 11.6 Å². The van der Waals surface area contributed by atoms with Crippen LogP contribution in [0.15, 0.2) is 53.9 Å². The molecular weight excluding hydrogens is 426 g/mol. The summed E-state index contributed by atoms with van der Waals surface area (Å²) in [6, 6.07) is 14.3. The predicted octanol–water partition coefficient (Wildman–Crippen LogP) is 1.49. The molecule has 0 radical (unpaired) electrons. The Morgan fingerprint density at radius 2 is 1.90 bits per heavy atom. The maximum absolute atomic E-state index is 12.6. The van der Waals surface area contributed by atoms with Gasteiger partial charge in [-0.1, -0.05) is 41.9 Å². The first-order valence-corrected chi connectivity index (χ1v) is 11.5. The molecule has 0 aromatic heterocycles. The van der Waals surface area contributed by atoms with Gasteiger partial charge >= 0.3 is 0 Å². The first kappa shape index (κ1) is 22.3. The number of benzene rings is 2. The third-order valence-corrected chi connectivity index (χ3v) is 6.67. The number of sulfonamides is 1. The predicted molar refractivity (Wildman–Crippen MR) is 118 cm³/mol. The number of piperazine rings is 1. The molecule has 1 saturated heterocycles. The molecule has 2 aromatic carbocycles. The smallest absolute Gasteiger partial charge is 0.279 e. The first-order valence-electron chi connectivity index (χ1n) is 9.57. The van der Waals surface area contributed by atoms with Gasteiger partial charge in [-0.05, 0) is 29.8 Å². The summed E-state index contributed by atoms with van der Waals surface area (Å²) in [5.41, 5.74) is 1.35. The van der Waals surface area contributed by atoms with E-state index in [1.54, 1.807) is 24.3 Å². The summed E-state index contributed by atoms with van der Waals surface area (Å²) in [4.78, 5) is 13.4. The Kier molecular flexibility index (Phi) is 7.49. The fraction of sp³-hybridized carbons (Fsp3) is 0.286. The molecule has 0 spiro atoms. The van der Waals surface area contributed by atoms with Crippen LogP contribution in [0.2, 0.25) is 5.02 Å². The third kappa shape index (κ3) is 6.06. The van der Waals surface area contributed by atoms with E-state index in [1.165, 1.54) is 16.8 Å². The number of nitrogens with one attached hydrogen (secondary N) is 2. The summed E-state index contributed by atoms with van der Waals surface area (Å²) < 4.78 is 31.8. The summed E-state index contributed by atoms with van der Waals surface area (Å²) in [6.45, 7) is 2.08. The second kappa shape index (κ2) is 10.1. The van der Waals surface area contributed by atoms with E-state index in [9.17, 15) is 13.2 Å². The van der Waals surface area contributed by atoms with Gasteiger partial charge in [0.05, 0.1) is 39.0 Å². The first-order chi connectivity index (χ1) is 14.4. The minimum Gasteiger partial charge on any atom is -0.495 e. The molecule has 160 valence electrons. The normalized spacial score (nSPS) is 15.9. The fourth-order valence-electron chi connectivity index (χ4n) is 3.25. The molecule has 1 fully saturated rings. The van der Waals surface area contributed by atoms with Crippen molar-refractivity contribution in [3.63, 3.8) is 0 Å². The van der Waals surface area contributed by atoms with Gasteiger partial charge in [-0.3, -0.25) is 4.79 Å². The van der Waals surface area contributed by atoms with E-state index in [0.29, 0.717) is 42.6 Å². The molecule has 1 aliphatic rings. The Labute approximate surface area is 181 Å². The van der Waals surface area contributed by atoms with Crippen LogP contribution in [0.25, 0.3) is 6.08 Å². The van der Waals surface area contributed by atoms with Gasteiger partial charge in [0.1, 0.15) is 5.75 Å². The second-order valence-corrected chi connectivity index (χ2v) is 9.23. The lowest BCUT2D eigenvalue weighted by Gasteiger charge is -2.30. The van der Waals surface area contributed by atoms with Gasteiger partial charge in [-0.2, -0.15) is 4.31 Å². The van der Waals surface area contributed by atoms with Crippen LogP contribution in [0.5, 0.6) is 5.75 Å². The quantitative estimate of drug-likeness (QED) is 0.669. The molecule has 1 amide bonds. The summed E-state index contributed by atoms with van der Waals surface area (Å²) in [5, 5.41) is 4.56. The molecule has 2 aromatic rings. The van der Waals surface area contributed by atoms with Gasteiger partial charge in [-0.15, -0.1) is 0 Å². The van der Waals surface area contributed by atoms with Crippen LogP contribution in [-0.2, 0) is 14.8 Å². The Bertz CT molecular complexity index is 1000. The highest BCUT2D eigenvalue weighted by Gasteiger charge is 2.28. The number of hydrogen-bond acceptors (Lipinski definition) is 4. The van der Waals surface area contributed by atoms with Crippen molar-refractivity contribution in [3.05, 3.63) is 64.5 Å². The summed E-state index contributed by atoms with van der Waals surface area (Å²) in [5.74, 6) is 0.356. The number of halogens is 1. The lowest BCUT2D eigenvalue weighted by molar-refractivity contribution is -0.895. The number of carbonyl (C=O) groups is 1. The molecule has 1 heterocycles. The van der Waals surface area contributed by atoms with Crippen LogP contribution in [0.4, 0.5) is 5.69 Å². The maximum atomic E-state index is 12.6. The number of rotatable bonds is 7. The highest BCUT2D eigenvalue weighted by Crippen LogP contribution is 2.27. The molecule has 30 heavy (non-hydrogen) atoms. The maximum Gasteiger partial charge on any atom is 0.279 e. The Morgan fingerprint density at radius 1 is 1.20 bits per heavy atom. The summed E-state index contributed by atoms with van der Waals surface area (Å²) in [7, 11) is -1.96. The number of nitrogens with zero attached hydrogens (tertiary/aromatic N) is 1. The van der Waals surface area contributed by atoms with E-state index in [2.05, 4.69) is 5.32 Å². The van der Waals surface area contributed by atoms with Crippen molar-refractivity contribution in [3.8, 4) is 5.75 Å². The zero-order valence-corrected chi connectivity index (χ0v) is 18.2. The number of anilines is 1. The largest absolute Gasteiger partial charge is 0.495 e. The van der Waals surface area contributed by atoms with Crippen molar-refractivity contribution >= 4 is 39.3 Å². The number of carbonyl (C=O) groups excluding carboxylic acids is 1. The summed E-state index contributed by atoms with van der Waals surface area (Å²) >= 11 is 5.99. The van der Waals surface area contributed by atoms with Gasteiger partial charge in [0.2, 0.25) is 10.0 Å². The van der Waals surface area contributed by atoms with E-state index in [1.807, 2.05) is 30.3 Å². The van der Waals surface area contributed by atoms with E-state index in [0.717, 1.165) is 10.5 Å². The van der Waals surface area contributed by atoms with Crippen molar-refractivity contribution < 1.29 is 22.8 Å². The number of quaternary nitrogens is 1. The molecule has 9 heteroatoms. The highest BCUT2D eigenvalue weighted by molar-refractivity contribution is 7.92. The van der Waals surface area contributed by atoms with E-state index < -0.39 is 10.0 Å². The average Bonchev–Trinajstić information content (AvgIpc) is 2.74. The minimum atomic E-state index is -3.49. The molecule has 3 rings (SSSR count). The standard InChI is InChI=1S/C21H24ClN3O4S/c1-29-20-8-7-18(22)15-19(20)23-21(26)16-24-10-12-25(13-11-24)30(27,28)14-9-17-5-3-2-4-6-17/h2-9,14-15H,10-13,16H2,1H3,(H,23,26)/p+1/b14-9+. The lowest BCUT2D eigenvalue weighted by Crippen LogP contribution is -3.15. The SMILES string of the molecule is COc1ccc(Cl)cc1NC(=O)C[NH+]1CCN(S(=O)(=O)/C=C/c2ccccc2)CC1. The van der Waals surface area contributed by atoms with Gasteiger partial charge in [-0.25, -0.2) is 8.42 Å². The number of methoxy groups -OCH3 is 1. The van der Waals surface area contributed by atoms with E-state index in [4.69, 9.17) is 16.3 Å². The van der Waals surface area contributed by atoms with Crippen LogP contribution in [0, 0.1) is 0 Å². The fourth-order valence-corrected chi connectivity index (χ4v) is 4.61. The van der Waals surface area contributed by atoms with Crippen molar-refractivity contribution in [2.24, 2.45) is 0 Å². The number of hydrogen-bond donors (Lipinski definition) is 2. The van der Waals surface area contributed by atoms with Crippen molar-refractivity contribution in [1.82, 2.24) is 4.31 Å². The average molecular weight is 451 g/mol. The second-order valence-electron chi connectivity index (χ2n) is 6.98. The lowest BCUT2D eigenvalue weighted by atomic mass is 10.2. The van der Waals surface area contributed by atoms with E-state index in [-0.39, 0.29) is 12.5 Å². The molecular formula is C21H25ClN3O4S+. The van der Waals surface area contributed by atoms with Gasteiger partial charge in [0.15, 0.2) is 6.54 Å². The van der Waals surface area contributed by atoms with Crippen molar-refractivity contribution in [2.75, 3.05) is 45.2 Å². The zero-order valence-electron chi connectivity index (χ0n) is 16.7.